The van der Waals surface area contributed by atoms with Crippen molar-refractivity contribution in [3.8, 4) is 0 Å². The first kappa shape index (κ1) is 12.0. The fraction of sp³-hybridized carbons (Fsp3) is 0.667. The summed E-state index contributed by atoms with van der Waals surface area (Å²) in [6.07, 6.45) is 2.28. The average molecular weight is 236 g/mol. The van der Waals surface area contributed by atoms with Crippen LogP contribution < -0.4 is 5.73 Å². The molecule has 5 nitrogen and oxygen atoms in total. The van der Waals surface area contributed by atoms with Crippen molar-refractivity contribution in [3.05, 3.63) is 11.4 Å². The van der Waals surface area contributed by atoms with Crippen molar-refractivity contribution < 1.29 is 4.79 Å². The number of aryl methyl sites for hydroxylation is 1. The molecule has 1 aromatic heterocycles. The van der Waals surface area contributed by atoms with Gasteiger partial charge in [-0.05, 0) is 33.6 Å². The van der Waals surface area contributed by atoms with Crippen LogP contribution in [0.5, 0.6) is 0 Å². The lowest BCUT2D eigenvalue weighted by Crippen LogP contribution is -2.35. The first-order chi connectivity index (χ1) is 8.04. The van der Waals surface area contributed by atoms with E-state index in [0.717, 1.165) is 30.8 Å². The second-order valence-electron chi connectivity index (χ2n) is 4.65. The van der Waals surface area contributed by atoms with E-state index in [2.05, 4.69) is 5.10 Å². The van der Waals surface area contributed by atoms with Gasteiger partial charge in [0.05, 0.1) is 17.1 Å². The number of carbonyl (C=O) groups is 1. The lowest BCUT2D eigenvalue weighted by Gasteiger charge is -2.20. The van der Waals surface area contributed by atoms with Crippen LogP contribution in [0.1, 0.15) is 31.2 Å². The van der Waals surface area contributed by atoms with Gasteiger partial charge < -0.3 is 10.6 Å². The molecule has 0 aliphatic heterocycles. The van der Waals surface area contributed by atoms with Gasteiger partial charge in [-0.2, -0.15) is 5.10 Å². The van der Waals surface area contributed by atoms with E-state index in [4.69, 9.17) is 5.73 Å². The lowest BCUT2D eigenvalue weighted by atomic mass is 10.3. The van der Waals surface area contributed by atoms with E-state index in [9.17, 15) is 4.79 Å². The molecule has 5 heteroatoms. The number of nitrogen functional groups attached to an aromatic ring is 1. The van der Waals surface area contributed by atoms with Gasteiger partial charge in [0.25, 0.3) is 0 Å². The third-order valence-electron chi connectivity index (χ3n) is 3.37. The SMILES string of the molecule is CCN(C(=O)Cn1nc(C)c(N)c1C)C1CC1. The molecule has 1 heterocycles. The molecular weight excluding hydrogens is 216 g/mol. The molecule has 17 heavy (non-hydrogen) atoms. The van der Waals surface area contributed by atoms with Gasteiger partial charge in [-0.25, -0.2) is 0 Å². The summed E-state index contributed by atoms with van der Waals surface area (Å²) in [5.74, 6) is 0.139. The van der Waals surface area contributed by atoms with Gasteiger partial charge in [-0.1, -0.05) is 0 Å². The molecule has 2 N–H and O–H groups in total. The molecule has 2 rings (SSSR count). The van der Waals surface area contributed by atoms with Crippen LogP contribution in [0, 0.1) is 13.8 Å². The summed E-state index contributed by atoms with van der Waals surface area (Å²) >= 11 is 0. The van der Waals surface area contributed by atoms with Crippen LogP contribution in [-0.4, -0.2) is 33.2 Å². The minimum atomic E-state index is 0.139. The highest BCUT2D eigenvalue weighted by molar-refractivity contribution is 5.76. The molecule has 1 aromatic rings. The summed E-state index contributed by atoms with van der Waals surface area (Å²) in [6.45, 7) is 6.86. The smallest absolute Gasteiger partial charge is 0.244 e. The molecule has 0 unspecified atom stereocenters. The fourth-order valence-electron chi connectivity index (χ4n) is 2.11. The molecule has 1 aliphatic carbocycles. The number of carbonyl (C=O) groups excluding carboxylic acids is 1. The lowest BCUT2D eigenvalue weighted by molar-refractivity contribution is -0.132. The highest BCUT2D eigenvalue weighted by Crippen LogP contribution is 2.27. The van der Waals surface area contributed by atoms with Gasteiger partial charge >= 0.3 is 0 Å². The monoisotopic (exact) mass is 236 g/mol. The van der Waals surface area contributed by atoms with Crippen LogP contribution in [0.2, 0.25) is 0 Å². The Bertz CT molecular complexity index is 434. The van der Waals surface area contributed by atoms with Gasteiger partial charge in [0.1, 0.15) is 6.54 Å². The summed E-state index contributed by atoms with van der Waals surface area (Å²) in [7, 11) is 0. The third kappa shape index (κ3) is 2.28. The maximum absolute atomic E-state index is 12.1. The van der Waals surface area contributed by atoms with Gasteiger partial charge in [-0.3, -0.25) is 9.48 Å². The number of hydrogen-bond acceptors (Lipinski definition) is 3. The number of nitrogens with two attached hydrogens (primary N) is 1. The Morgan fingerprint density at radius 3 is 2.59 bits per heavy atom. The van der Waals surface area contributed by atoms with Crippen LogP contribution in [0.4, 0.5) is 5.69 Å². The van der Waals surface area contributed by atoms with E-state index in [1.807, 2.05) is 25.7 Å². The van der Waals surface area contributed by atoms with Crippen molar-refractivity contribution in [2.24, 2.45) is 0 Å². The Hall–Kier alpha value is -1.52. The molecule has 1 saturated carbocycles. The second-order valence-corrected chi connectivity index (χ2v) is 4.65. The molecule has 0 radical (unpaired) electrons. The predicted octanol–water partition coefficient (Wildman–Crippen LogP) is 1.09. The standard InChI is InChI=1S/C12H20N4O/c1-4-15(10-5-6-10)11(17)7-16-9(3)12(13)8(2)14-16/h10H,4-7,13H2,1-3H3. The molecule has 0 bridgehead atoms. The Morgan fingerprint density at radius 1 is 1.53 bits per heavy atom. The highest BCUT2D eigenvalue weighted by Gasteiger charge is 2.31. The van der Waals surface area contributed by atoms with Crippen molar-refractivity contribution in [3.63, 3.8) is 0 Å². The van der Waals surface area contributed by atoms with E-state index >= 15 is 0 Å². The van der Waals surface area contributed by atoms with Crippen LogP contribution >= 0.6 is 0 Å². The fourth-order valence-corrected chi connectivity index (χ4v) is 2.11. The molecule has 1 aliphatic rings. The number of aromatic nitrogens is 2. The Labute approximate surface area is 102 Å². The van der Waals surface area contributed by atoms with E-state index in [1.54, 1.807) is 4.68 Å². The molecular formula is C12H20N4O. The van der Waals surface area contributed by atoms with Crippen molar-refractivity contribution >= 4 is 11.6 Å². The highest BCUT2D eigenvalue weighted by atomic mass is 16.2. The van der Waals surface area contributed by atoms with E-state index in [0.29, 0.717) is 18.3 Å². The van der Waals surface area contributed by atoms with Gasteiger partial charge in [0, 0.05) is 12.6 Å². The van der Waals surface area contributed by atoms with Crippen LogP contribution in [0.25, 0.3) is 0 Å². The molecule has 0 atom stereocenters. The minimum absolute atomic E-state index is 0.139. The van der Waals surface area contributed by atoms with Crippen molar-refractivity contribution in [1.82, 2.24) is 14.7 Å². The summed E-state index contributed by atoms with van der Waals surface area (Å²) in [5, 5.41) is 4.29. The largest absolute Gasteiger partial charge is 0.396 e. The summed E-state index contributed by atoms with van der Waals surface area (Å²) in [4.78, 5) is 14.1. The normalized spacial score (nSPS) is 15.0. The van der Waals surface area contributed by atoms with Crippen LogP contribution in [0.15, 0.2) is 0 Å². The zero-order valence-corrected chi connectivity index (χ0v) is 10.7. The molecule has 94 valence electrons. The number of rotatable bonds is 4. The van der Waals surface area contributed by atoms with Crippen LogP contribution in [-0.2, 0) is 11.3 Å². The first-order valence-corrected chi connectivity index (χ1v) is 6.13. The Morgan fingerprint density at radius 2 is 2.18 bits per heavy atom. The van der Waals surface area contributed by atoms with E-state index in [-0.39, 0.29) is 5.91 Å². The molecule has 0 spiro atoms. The number of likely N-dealkylation sites (N-methyl/N-ethyl adjacent to an activating group) is 1. The van der Waals surface area contributed by atoms with Gasteiger partial charge in [-0.15, -0.1) is 0 Å². The molecule has 0 aromatic carbocycles. The number of anilines is 1. The van der Waals surface area contributed by atoms with Crippen molar-refractivity contribution in [2.75, 3.05) is 12.3 Å². The topological polar surface area (TPSA) is 64.2 Å². The maximum atomic E-state index is 12.1. The Balaban J connectivity index is 2.09. The number of amides is 1. The summed E-state index contributed by atoms with van der Waals surface area (Å²) in [5.41, 5.74) is 8.21. The maximum Gasteiger partial charge on any atom is 0.244 e. The van der Waals surface area contributed by atoms with E-state index in [1.165, 1.54) is 0 Å². The average Bonchev–Trinajstić information content (AvgIpc) is 3.07. The minimum Gasteiger partial charge on any atom is -0.396 e. The summed E-state index contributed by atoms with van der Waals surface area (Å²) in [6, 6.07) is 0.460. The summed E-state index contributed by atoms with van der Waals surface area (Å²) < 4.78 is 1.71. The Kier molecular flexibility index (Phi) is 3.09. The molecule has 1 fully saturated rings. The number of hydrogen-bond donors (Lipinski definition) is 1. The second kappa shape index (κ2) is 4.39. The third-order valence-corrected chi connectivity index (χ3v) is 3.37. The zero-order chi connectivity index (χ0) is 12.6. The first-order valence-electron chi connectivity index (χ1n) is 6.13. The van der Waals surface area contributed by atoms with Crippen molar-refractivity contribution in [2.45, 2.75) is 46.2 Å². The van der Waals surface area contributed by atoms with Gasteiger partial charge in [0.2, 0.25) is 5.91 Å². The predicted molar refractivity (Wildman–Crippen MR) is 66.5 cm³/mol. The van der Waals surface area contributed by atoms with E-state index < -0.39 is 0 Å². The van der Waals surface area contributed by atoms with Gasteiger partial charge in [0.15, 0.2) is 0 Å². The zero-order valence-electron chi connectivity index (χ0n) is 10.7. The molecule has 0 saturated heterocycles. The quantitative estimate of drug-likeness (QED) is 0.851. The molecule has 1 amide bonds. The van der Waals surface area contributed by atoms with Crippen LogP contribution in [0.3, 0.4) is 0 Å². The van der Waals surface area contributed by atoms with Crippen molar-refractivity contribution in [1.29, 1.82) is 0 Å². The number of nitrogens with zero attached hydrogens (tertiary/aromatic N) is 3.